The van der Waals surface area contributed by atoms with Crippen LogP contribution in [0.4, 0.5) is 4.79 Å². The van der Waals surface area contributed by atoms with E-state index in [0.717, 1.165) is 16.1 Å². The van der Waals surface area contributed by atoms with Crippen molar-refractivity contribution in [2.75, 3.05) is 20.2 Å². The predicted octanol–water partition coefficient (Wildman–Crippen LogP) is 4.27. The number of nitrogens with zero attached hydrogens (tertiary/aromatic N) is 1. The monoisotopic (exact) mass is 750 g/mol. The van der Waals surface area contributed by atoms with Crippen LogP contribution in [0.25, 0.3) is 10.9 Å². The van der Waals surface area contributed by atoms with Crippen LogP contribution >= 0.6 is 11.6 Å². The Labute approximate surface area is 313 Å². The highest BCUT2D eigenvalue weighted by molar-refractivity contribution is 6.30. The highest BCUT2D eigenvalue weighted by Gasteiger charge is 2.26. The Morgan fingerprint density at radius 3 is 2.23 bits per heavy atom. The summed E-state index contributed by atoms with van der Waals surface area (Å²) in [5.74, 6) is -2.34. The fraction of sp³-hybridized carbons (Fsp3) is 0.368. The van der Waals surface area contributed by atoms with Crippen molar-refractivity contribution in [3.8, 4) is 5.75 Å². The van der Waals surface area contributed by atoms with Gasteiger partial charge in [0, 0.05) is 60.3 Å². The van der Waals surface area contributed by atoms with E-state index >= 15 is 0 Å². The molecule has 284 valence electrons. The highest BCUT2D eigenvalue weighted by Crippen LogP contribution is 2.24. The Kier molecular flexibility index (Phi) is 16.1. The quantitative estimate of drug-likeness (QED) is 0.0805. The summed E-state index contributed by atoms with van der Waals surface area (Å²) in [6.45, 7) is 6.97. The summed E-state index contributed by atoms with van der Waals surface area (Å²) < 4.78 is 9.99. The van der Waals surface area contributed by atoms with Gasteiger partial charge in [0.1, 0.15) is 23.4 Å². The number of halogens is 1. The van der Waals surface area contributed by atoms with Crippen molar-refractivity contribution in [2.24, 2.45) is 0 Å². The van der Waals surface area contributed by atoms with Gasteiger partial charge in [-0.2, -0.15) is 0 Å². The number of carbonyl (C=O) groups is 5. The number of phenols is 1. The Bertz CT molecular complexity index is 1800. The van der Waals surface area contributed by atoms with Gasteiger partial charge in [0.05, 0.1) is 13.7 Å². The molecule has 0 bridgehead atoms. The number of pyridine rings is 1. The molecule has 0 saturated heterocycles. The fourth-order valence-electron chi connectivity index (χ4n) is 4.94. The molecule has 4 rings (SSSR count). The van der Waals surface area contributed by atoms with Gasteiger partial charge in [-0.25, -0.2) is 9.59 Å². The Balaban J connectivity index is 0.000000832. The third-order valence-electron chi connectivity index (χ3n) is 7.52. The molecule has 0 aliphatic heterocycles. The molecule has 0 radical (unpaired) electrons. The number of H-pyrrole nitrogens is 1. The van der Waals surface area contributed by atoms with E-state index in [-0.39, 0.29) is 38.0 Å². The number of nitrogens with one attached hydrogen (secondary N) is 5. The first-order chi connectivity index (χ1) is 25.1. The van der Waals surface area contributed by atoms with Crippen LogP contribution in [0.1, 0.15) is 50.3 Å². The third kappa shape index (κ3) is 15.3. The van der Waals surface area contributed by atoms with Crippen molar-refractivity contribution in [1.29, 1.82) is 0 Å². The largest absolute Gasteiger partial charge is 0.508 e. The molecule has 0 spiro atoms. The van der Waals surface area contributed by atoms with E-state index in [0.29, 0.717) is 10.9 Å². The Morgan fingerprint density at radius 1 is 0.906 bits per heavy atom. The number of esters is 1. The average Bonchev–Trinajstić information content (AvgIpc) is 3.50. The number of hydrogen-bond donors (Lipinski definition) is 6. The molecule has 0 aliphatic rings. The molecule has 0 aliphatic carbocycles. The lowest BCUT2D eigenvalue weighted by atomic mass is 10.0. The molecule has 0 unspecified atom stereocenters. The van der Waals surface area contributed by atoms with Crippen LogP contribution in [0.5, 0.6) is 5.75 Å². The van der Waals surface area contributed by atoms with Gasteiger partial charge in [0.2, 0.25) is 17.7 Å². The number of amides is 4. The molecule has 2 aromatic heterocycles. The lowest BCUT2D eigenvalue weighted by Gasteiger charge is -2.20. The van der Waals surface area contributed by atoms with Crippen LogP contribution in [0.3, 0.4) is 0 Å². The average molecular weight is 751 g/mol. The van der Waals surface area contributed by atoms with Crippen LogP contribution in [-0.2, 0) is 41.5 Å². The number of alkyl carbamates (subject to hydrolysis) is 1. The summed E-state index contributed by atoms with van der Waals surface area (Å²) in [4.78, 5) is 70.0. The second-order valence-electron chi connectivity index (χ2n) is 13.1. The Hall–Kier alpha value is -5.63. The minimum absolute atomic E-state index is 0.00452. The number of fused-ring (bicyclic) bond motifs is 1. The molecular weight excluding hydrogens is 704 g/mol. The van der Waals surface area contributed by atoms with Gasteiger partial charge in [-0.15, -0.1) is 0 Å². The number of carbonyl (C=O) groups excluding carboxylic acids is 5. The number of methoxy groups -OCH3 is 1. The molecule has 0 fully saturated rings. The van der Waals surface area contributed by atoms with Crippen LogP contribution in [0.2, 0.25) is 5.02 Å². The molecule has 6 N–H and O–H groups in total. The molecule has 2 atom stereocenters. The lowest BCUT2D eigenvalue weighted by molar-refractivity contribution is -0.145. The number of ether oxygens (including phenoxy) is 2. The SMILES string of the molecule is COC(=O)[C@H](Cc1ccncc1)NC(=O)CNC(=O)[C@H](Cc1c[nH]c2ccc(O)cc12)NC(=O)CCCNC(=O)OC(C)(C)C.Cc1ccc(Cl)cc1. The van der Waals surface area contributed by atoms with Crippen LogP contribution < -0.4 is 21.3 Å². The molecule has 15 heteroatoms. The molecule has 0 saturated carbocycles. The topological polar surface area (TPSA) is 201 Å². The first-order valence-corrected chi connectivity index (χ1v) is 17.3. The fourth-order valence-corrected chi connectivity index (χ4v) is 5.07. The number of aromatic hydroxyl groups is 1. The van der Waals surface area contributed by atoms with Crippen molar-refractivity contribution >= 4 is 52.3 Å². The van der Waals surface area contributed by atoms with Crippen molar-refractivity contribution in [3.63, 3.8) is 0 Å². The van der Waals surface area contributed by atoms with E-state index in [1.165, 1.54) is 18.7 Å². The van der Waals surface area contributed by atoms with Crippen LogP contribution in [0, 0.1) is 6.92 Å². The highest BCUT2D eigenvalue weighted by atomic mass is 35.5. The van der Waals surface area contributed by atoms with Gasteiger partial charge in [-0.05, 0) is 87.7 Å². The predicted molar refractivity (Wildman–Crippen MR) is 200 cm³/mol. The van der Waals surface area contributed by atoms with Gasteiger partial charge in [0.15, 0.2) is 0 Å². The van der Waals surface area contributed by atoms with Crippen LogP contribution in [0.15, 0.2) is 73.2 Å². The van der Waals surface area contributed by atoms with E-state index in [1.807, 2.05) is 31.2 Å². The van der Waals surface area contributed by atoms with E-state index in [4.69, 9.17) is 21.1 Å². The number of benzene rings is 2. The maximum atomic E-state index is 13.3. The standard InChI is InChI=1S/C31H40N6O8.C7H7Cl/c1-31(2,3)45-30(43)33-11-5-6-26(39)36-24(15-20-17-34-23-8-7-21(38)16-22(20)23)28(41)35-18-27(40)37-25(29(42)44-4)14-19-9-12-32-13-10-19;1-6-2-4-7(8)5-3-6/h7-10,12-13,16-17,24-25,34,38H,5-6,11,14-15,18H2,1-4H3,(H,33,43)(H,35,41)(H,36,39)(H,37,40);2-5H,1H3/t24-,25-;/m0./s1. The lowest BCUT2D eigenvalue weighted by Crippen LogP contribution is -2.52. The smallest absolute Gasteiger partial charge is 0.407 e. The van der Waals surface area contributed by atoms with E-state index < -0.39 is 54.0 Å². The van der Waals surface area contributed by atoms with Crippen molar-refractivity contribution < 1.29 is 38.6 Å². The van der Waals surface area contributed by atoms with Gasteiger partial charge in [0.25, 0.3) is 0 Å². The van der Waals surface area contributed by atoms with Crippen molar-refractivity contribution in [2.45, 2.75) is 71.1 Å². The zero-order valence-corrected chi connectivity index (χ0v) is 31.2. The summed E-state index contributed by atoms with van der Waals surface area (Å²) in [5.41, 5.74) is 2.72. The summed E-state index contributed by atoms with van der Waals surface area (Å²) in [6.07, 6.45) is 4.69. The number of aromatic nitrogens is 2. The zero-order chi connectivity index (χ0) is 39.0. The second-order valence-corrected chi connectivity index (χ2v) is 13.6. The van der Waals surface area contributed by atoms with Gasteiger partial charge >= 0.3 is 12.1 Å². The van der Waals surface area contributed by atoms with E-state index in [1.54, 1.807) is 63.6 Å². The maximum absolute atomic E-state index is 13.3. The summed E-state index contributed by atoms with van der Waals surface area (Å²) >= 11 is 5.61. The first-order valence-electron chi connectivity index (χ1n) is 16.9. The molecule has 14 nitrogen and oxygen atoms in total. The minimum atomic E-state index is -1.08. The summed E-state index contributed by atoms with van der Waals surface area (Å²) in [7, 11) is 1.21. The van der Waals surface area contributed by atoms with E-state index in [9.17, 15) is 29.1 Å². The van der Waals surface area contributed by atoms with Gasteiger partial charge in [-0.1, -0.05) is 29.3 Å². The van der Waals surface area contributed by atoms with Crippen molar-refractivity contribution in [1.82, 2.24) is 31.2 Å². The zero-order valence-electron chi connectivity index (χ0n) is 30.5. The summed E-state index contributed by atoms with van der Waals surface area (Å²) in [6, 6.07) is 13.8. The maximum Gasteiger partial charge on any atom is 0.407 e. The molecule has 4 aromatic rings. The number of hydrogen-bond acceptors (Lipinski definition) is 9. The normalized spacial score (nSPS) is 12.0. The minimum Gasteiger partial charge on any atom is -0.508 e. The van der Waals surface area contributed by atoms with Gasteiger partial charge < -0.3 is 40.8 Å². The molecular formula is C38H47ClN6O8. The second kappa shape index (κ2) is 20.4. The molecule has 53 heavy (non-hydrogen) atoms. The number of aryl methyl sites for hydroxylation is 1. The molecule has 2 aromatic carbocycles. The van der Waals surface area contributed by atoms with E-state index in [2.05, 4.69) is 31.2 Å². The number of aromatic amines is 1. The van der Waals surface area contributed by atoms with Crippen LogP contribution in [-0.4, -0.2) is 82.7 Å². The van der Waals surface area contributed by atoms with Crippen molar-refractivity contribution in [3.05, 3.63) is 94.9 Å². The molecule has 2 heterocycles. The summed E-state index contributed by atoms with van der Waals surface area (Å²) in [5, 5.41) is 21.8. The molecule has 4 amide bonds. The number of phenolic OH excluding ortho intramolecular Hbond substituents is 1. The van der Waals surface area contributed by atoms with Gasteiger partial charge in [-0.3, -0.25) is 19.4 Å². The Morgan fingerprint density at radius 2 is 1.58 bits per heavy atom. The first kappa shape index (κ1) is 41.8. The third-order valence-corrected chi connectivity index (χ3v) is 7.77. The number of rotatable bonds is 14.